The van der Waals surface area contributed by atoms with Gasteiger partial charge in [-0.25, -0.2) is 9.59 Å². The Kier molecular flexibility index (Phi) is 6.74. The van der Waals surface area contributed by atoms with Crippen molar-refractivity contribution in [3.8, 4) is 5.75 Å². The second-order valence-corrected chi connectivity index (χ2v) is 5.86. The van der Waals surface area contributed by atoms with E-state index >= 15 is 0 Å². The number of halogens is 1. The van der Waals surface area contributed by atoms with Crippen LogP contribution in [0.2, 0.25) is 0 Å². The van der Waals surface area contributed by atoms with E-state index in [1.54, 1.807) is 30.3 Å². The van der Waals surface area contributed by atoms with Crippen LogP contribution in [-0.2, 0) is 14.3 Å². The number of rotatable bonds is 6. The van der Waals surface area contributed by atoms with Crippen molar-refractivity contribution in [2.75, 3.05) is 26.1 Å². The van der Waals surface area contributed by atoms with Crippen LogP contribution in [0.25, 0.3) is 0 Å². The Balaban J connectivity index is 2.02. The number of ether oxygens (including phenoxy) is 3. The Morgan fingerprint density at radius 1 is 1.00 bits per heavy atom. The van der Waals surface area contributed by atoms with Crippen LogP contribution >= 0.6 is 15.9 Å². The molecule has 0 aliphatic rings. The van der Waals surface area contributed by atoms with Gasteiger partial charge in [-0.1, -0.05) is 12.1 Å². The molecule has 0 aromatic heterocycles. The van der Waals surface area contributed by atoms with Crippen LogP contribution in [-0.4, -0.2) is 38.7 Å². The maximum atomic E-state index is 12.2. The highest BCUT2D eigenvalue weighted by molar-refractivity contribution is 9.10. The molecule has 2 aromatic rings. The third-order valence-corrected chi connectivity index (χ3v) is 4.03. The van der Waals surface area contributed by atoms with Crippen LogP contribution in [0.3, 0.4) is 0 Å². The van der Waals surface area contributed by atoms with Gasteiger partial charge in [0.05, 0.1) is 31.0 Å². The van der Waals surface area contributed by atoms with Gasteiger partial charge in [0.25, 0.3) is 5.91 Å². The summed E-state index contributed by atoms with van der Waals surface area (Å²) in [5, 5.41) is 2.52. The van der Waals surface area contributed by atoms with Crippen molar-refractivity contribution >= 4 is 39.5 Å². The average Bonchev–Trinajstić information content (AvgIpc) is 2.66. The van der Waals surface area contributed by atoms with Crippen LogP contribution in [0, 0.1) is 0 Å². The molecule has 136 valence electrons. The van der Waals surface area contributed by atoms with Gasteiger partial charge in [-0.05, 0) is 46.3 Å². The molecule has 2 rings (SSSR count). The molecule has 1 N–H and O–H groups in total. The Bertz CT molecular complexity index is 836. The summed E-state index contributed by atoms with van der Waals surface area (Å²) in [6.45, 7) is -0.516. The zero-order chi connectivity index (χ0) is 19.1. The van der Waals surface area contributed by atoms with Crippen molar-refractivity contribution in [2.24, 2.45) is 0 Å². The van der Waals surface area contributed by atoms with Crippen molar-refractivity contribution in [3.05, 3.63) is 58.1 Å². The summed E-state index contributed by atoms with van der Waals surface area (Å²) in [6, 6.07) is 11.2. The molecule has 0 aliphatic heterocycles. The van der Waals surface area contributed by atoms with Crippen molar-refractivity contribution < 1.29 is 28.6 Å². The third-order valence-electron chi connectivity index (χ3n) is 3.33. The molecule has 0 radical (unpaired) electrons. The Hall–Kier alpha value is -2.87. The molecule has 26 heavy (non-hydrogen) atoms. The number of nitrogens with one attached hydrogen (secondary N) is 1. The second kappa shape index (κ2) is 9.00. The number of benzene rings is 2. The summed E-state index contributed by atoms with van der Waals surface area (Å²) in [5.41, 5.74) is 0.695. The molecule has 0 bridgehead atoms. The number of hydrogen-bond acceptors (Lipinski definition) is 6. The molecule has 7 nitrogen and oxygen atoms in total. The van der Waals surface area contributed by atoms with E-state index in [0.29, 0.717) is 10.2 Å². The van der Waals surface area contributed by atoms with Crippen LogP contribution < -0.4 is 10.1 Å². The second-order valence-electron chi connectivity index (χ2n) is 5.01. The van der Waals surface area contributed by atoms with Crippen molar-refractivity contribution in [3.63, 3.8) is 0 Å². The first kappa shape index (κ1) is 19.5. The Labute approximate surface area is 158 Å². The minimum absolute atomic E-state index is 0.199. The normalized spacial score (nSPS) is 9.96. The number of hydrogen-bond donors (Lipinski definition) is 1. The van der Waals surface area contributed by atoms with E-state index in [-0.39, 0.29) is 16.8 Å². The lowest BCUT2D eigenvalue weighted by Crippen LogP contribution is -2.22. The molecule has 2 aromatic carbocycles. The molecule has 0 saturated carbocycles. The summed E-state index contributed by atoms with van der Waals surface area (Å²) >= 11 is 3.25. The minimum atomic E-state index is -0.688. The first-order valence-corrected chi connectivity index (χ1v) is 8.23. The van der Waals surface area contributed by atoms with Gasteiger partial charge >= 0.3 is 11.9 Å². The van der Waals surface area contributed by atoms with E-state index in [1.807, 2.05) is 0 Å². The van der Waals surface area contributed by atoms with Gasteiger partial charge in [-0.3, -0.25) is 4.79 Å². The predicted octanol–water partition coefficient (Wildman–Crippen LogP) is 3.04. The third kappa shape index (κ3) is 4.82. The lowest BCUT2D eigenvalue weighted by atomic mass is 10.2. The topological polar surface area (TPSA) is 90.9 Å². The molecule has 8 heteroatoms. The molecule has 0 heterocycles. The monoisotopic (exact) mass is 421 g/mol. The number of amides is 1. The van der Waals surface area contributed by atoms with Gasteiger partial charge in [0.1, 0.15) is 5.75 Å². The Morgan fingerprint density at radius 3 is 2.42 bits per heavy atom. The number of anilines is 1. The van der Waals surface area contributed by atoms with Gasteiger partial charge in [0, 0.05) is 4.47 Å². The van der Waals surface area contributed by atoms with Crippen LogP contribution in [0.1, 0.15) is 20.7 Å². The SMILES string of the molecule is COC(=O)c1ccccc1NC(=O)COC(=O)c1cc(OC)ccc1Br. The average molecular weight is 422 g/mol. The summed E-state index contributed by atoms with van der Waals surface area (Å²) < 4.78 is 15.2. The summed E-state index contributed by atoms with van der Waals surface area (Å²) in [7, 11) is 2.72. The minimum Gasteiger partial charge on any atom is -0.497 e. The van der Waals surface area contributed by atoms with Crippen molar-refractivity contribution in [1.82, 2.24) is 0 Å². The molecule has 0 unspecified atom stereocenters. The number of methoxy groups -OCH3 is 2. The standard InChI is InChI=1S/C18H16BrNO6/c1-24-11-7-8-14(19)13(9-11)18(23)26-10-16(21)20-15-6-4-3-5-12(15)17(22)25-2/h3-9H,10H2,1-2H3,(H,20,21). The lowest BCUT2D eigenvalue weighted by Gasteiger charge is -2.11. The van der Waals surface area contributed by atoms with E-state index in [1.165, 1.54) is 26.4 Å². The quantitative estimate of drug-likeness (QED) is 0.720. The highest BCUT2D eigenvalue weighted by Gasteiger charge is 2.17. The van der Waals surface area contributed by atoms with Crippen molar-refractivity contribution in [1.29, 1.82) is 0 Å². The summed E-state index contributed by atoms with van der Waals surface area (Å²) in [5.74, 6) is -1.38. The lowest BCUT2D eigenvalue weighted by molar-refractivity contribution is -0.119. The fraction of sp³-hybridized carbons (Fsp3) is 0.167. The van der Waals surface area contributed by atoms with Crippen molar-refractivity contribution in [2.45, 2.75) is 0 Å². The highest BCUT2D eigenvalue weighted by Crippen LogP contribution is 2.23. The maximum absolute atomic E-state index is 12.2. The number of carbonyl (C=O) groups is 3. The fourth-order valence-corrected chi connectivity index (χ4v) is 2.47. The maximum Gasteiger partial charge on any atom is 0.339 e. The predicted molar refractivity (Wildman–Crippen MR) is 97.4 cm³/mol. The Morgan fingerprint density at radius 2 is 1.73 bits per heavy atom. The molecule has 0 atom stereocenters. The summed E-state index contributed by atoms with van der Waals surface area (Å²) in [6.07, 6.45) is 0. The van der Waals surface area contributed by atoms with Gasteiger partial charge in [0.2, 0.25) is 0 Å². The molecule has 0 fully saturated rings. The molecular formula is C18H16BrNO6. The van der Waals surface area contributed by atoms with Crippen LogP contribution in [0.15, 0.2) is 46.9 Å². The van der Waals surface area contributed by atoms with Gasteiger partial charge in [0.15, 0.2) is 6.61 Å². The van der Waals surface area contributed by atoms with Gasteiger partial charge in [-0.2, -0.15) is 0 Å². The van der Waals surface area contributed by atoms with Crippen LogP contribution in [0.4, 0.5) is 5.69 Å². The molecule has 0 spiro atoms. The molecular weight excluding hydrogens is 406 g/mol. The van der Waals surface area contributed by atoms with Gasteiger partial charge < -0.3 is 19.5 Å². The zero-order valence-electron chi connectivity index (χ0n) is 14.1. The van der Waals surface area contributed by atoms with E-state index in [2.05, 4.69) is 26.0 Å². The number of carbonyl (C=O) groups excluding carboxylic acids is 3. The van der Waals surface area contributed by atoms with E-state index in [9.17, 15) is 14.4 Å². The molecule has 0 saturated heterocycles. The zero-order valence-corrected chi connectivity index (χ0v) is 15.7. The first-order valence-electron chi connectivity index (χ1n) is 7.44. The number of para-hydroxylation sites is 1. The first-order chi connectivity index (χ1) is 12.5. The van der Waals surface area contributed by atoms with Gasteiger partial charge in [-0.15, -0.1) is 0 Å². The largest absolute Gasteiger partial charge is 0.497 e. The molecule has 0 aliphatic carbocycles. The van der Waals surface area contributed by atoms with E-state index in [4.69, 9.17) is 9.47 Å². The fourth-order valence-electron chi connectivity index (χ4n) is 2.06. The van der Waals surface area contributed by atoms with Crippen LogP contribution in [0.5, 0.6) is 5.75 Å². The highest BCUT2D eigenvalue weighted by atomic mass is 79.9. The summed E-state index contributed by atoms with van der Waals surface area (Å²) in [4.78, 5) is 35.9. The van der Waals surface area contributed by atoms with E-state index in [0.717, 1.165) is 0 Å². The smallest absolute Gasteiger partial charge is 0.339 e. The van der Waals surface area contributed by atoms with E-state index < -0.39 is 24.5 Å². The molecule has 1 amide bonds. The number of esters is 2.